The summed E-state index contributed by atoms with van der Waals surface area (Å²) in [6, 6.07) is 3.79. The number of ether oxygens (including phenoxy) is 1. The number of alkyl halides is 3. The quantitative estimate of drug-likeness (QED) is 0.756. The Hall–Kier alpha value is -1.05. The van der Waals surface area contributed by atoms with Crippen LogP contribution in [0.2, 0.25) is 0 Å². The van der Waals surface area contributed by atoms with Gasteiger partial charge in [0.25, 0.3) is 0 Å². The van der Waals surface area contributed by atoms with Gasteiger partial charge in [-0.05, 0) is 24.1 Å². The van der Waals surface area contributed by atoms with Crippen LogP contribution in [0.25, 0.3) is 0 Å². The number of nitrogens with zero attached hydrogens (tertiary/aromatic N) is 1. The molecule has 0 unspecified atom stereocenters. The van der Waals surface area contributed by atoms with Crippen LogP contribution in [0.15, 0.2) is 18.2 Å². The molecule has 24 heavy (non-hydrogen) atoms. The number of hydrogen-bond acceptors (Lipinski definition) is 3. The van der Waals surface area contributed by atoms with E-state index in [4.69, 9.17) is 0 Å². The smallest absolute Gasteiger partial charge is 0.403 e. The van der Waals surface area contributed by atoms with Gasteiger partial charge in [-0.2, -0.15) is 0 Å². The molecule has 1 aromatic rings. The maximum Gasteiger partial charge on any atom is 0.573 e. The molecule has 138 valence electrons. The fourth-order valence-corrected chi connectivity index (χ4v) is 2.88. The van der Waals surface area contributed by atoms with Crippen LogP contribution in [-0.2, 0) is 0 Å². The number of halogens is 5. The standard InChI is InChI=1S/C16H22F4N2O.ClH/c1-2-3-4-14(22-9-7-21-8-10-22)12-5-6-15(13(17)11-12)23-16(18,19)20;/h5-6,11,14,21H,2-4,7-10H2,1H3;1H/t14-;/m1./s1. The molecular weight excluding hydrogens is 348 g/mol. The first-order valence-electron chi connectivity index (χ1n) is 7.90. The predicted molar refractivity (Wildman–Crippen MR) is 87.0 cm³/mol. The van der Waals surface area contributed by atoms with Gasteiger partial charge in [0.2, 0.25) is 0 Å². The number of nitrogens with one attached hydrogen (secondary N) is 1. The van der Waals surface area contributed by atoms with Crippen molar-refractivity contribution in [1.29, 1.82) is 0 Å². The second kappa shape index (κ2) is 9.44. The lowest BCUT2D eigenvalue weighted by Crippen LogP contribution is -2.45. The van der Waals surface area contributed by atoms with Crippen molar-refractivity contribution in [1.82, 2.24) is 10.2 Å². The molecule has 0 spiro atoms. The van der Waals surface area contributed by atoms with Crippen molar-refractivity contribution in [3.63, 3.8) is 0 Å². The molecule has 1 aliphatic rings. The van der Waals surface area contributed by atoms with Crippen LogP contribution in [-0.4, -0.2) is 37.4 Å². The second-order valence-corrected chi connectivity index (χ2v) is 5.68. The predicted octanol–water partition coefficient (Wildman–Crippen LogP) is 4.28. The monoisotopic (exact) mass is 370 g/mol. The highest BCUT2D eigenvalue weighted by molar-refractivity contribution is 5.85. The first-order chi connectivity index (χ1) is 10.9. The maximum absolute atomic E-state index is 14.0. The molecule has 0 radical (unpaired) electrons. The van der Waals surface area contributed by atoms with Crippen molar-refractivity contribution < 1.29 is 22.3 Å². The fraction of sp³-hybridized carbons (Fsp3) is 0.625. The Morgan fingerprint density at radius 1 is 1.25 bits per heavy atom. The summed E-state index contributed by atoms with van der Waals surface area (Å²) in [5.41, 5.74) is 0.701. The molecule has 0 aliphatic carbocycles. The van der Waals surface area contributed by atoms with E-state index in [1.807, 2.05) is 0 Å². The van der Waals surface area contributed by atoms with Crippen LogP contribution < -0.4 is 10.1 Å². The molecule has 8 heteroatoms. The molecule has 1 heterocycles. The van der Waals surface area contributed by atoms with Crippen molar-refractivity contribution in [3.05, 3.63) is 29.6 Å². The molecule has 2 rings (SSSR count). The highest BCUT2D eigenvalue weighted by Gasteiger charge is 2.32. The minimum atomic E-state index is -4.89. The number of benzene rings is 1. The van der Waals surface area contributed by atoms with Crippen molar-refractivity contribution >= 4 is 12.4 Å². The molecular formula is C16H23ClF4N2O. The Bertz CT molecular complexity index is 507. The normalized spacial score (nSPS) is 17.2. The zero-order valence-electron chi connectivity index (χ0n) is 13.5. The summed E-state index contributed by atoms with van der Waals surface area (Å²) in [7, 11) is 0. The highest BCUT2D eigenvalue weighted by atomic mass is 35.5. The SMILES string of the molecule is CCCC[C@H](c1ccc(OC(F)(F)F)c(F)c1)N1CCNCC1.Cl. The van der Waals surface area contributed by atoms with Gasteiger partial charge in [-0.1, -0.05) is 25.8 Å². The summed E-state index contributed by atoms with van der Waals surface area (Å²) in [6.45, 7) is 5.49. The summed E-state index contributed by atoms with van der Waals surface area (Å²) in [6.07, 6.45) is -2.03. The summed E-state index contributed by atoms with van der Waals surface area (Å²) >= 11 is 0. The average molecular weight is 371 g/mol. The largest absolute Gasteiger partial charge is 0.573 e. The first kappa shape index (κ1) is 21.0. The molecule has 1 saturated heterocycles. The maximum atomic E-state index is 14.0. The molecule has 1 N–H and O–H groups in total. The van der Waals surface area contributed by atoms with Gasteiger partial charge in [0, 0.05) is 32.2 Å². The molecule has 1 fully saturated rings. The van der Waals surface area contributed by atoms with Crippen LogP contribution in [0, 0.1) is 5.82 Å². The average Bonchev–Trinajstić information content (AvgIpc) is 2.50. The van der Waals surface area contributed by atoms with Crippen LogP contribution in [0.1, 0.15) is 37.8 Å². The van der Waals surface area contributed by atoms with E-state index >= 15 is 0 Å². The number of piperazine rings is 1. The molecule has 0 aromatic heterocycles. The molecule has 1 aliphatic heterocycles. The lowest BCUT2D eigenvalue weighted by atomic mass is 9.98. The van der Waals surface area contributed by atoms with Crippen molar-refractivity contribution in [2.75, 3.05) is 26.2 Å². The van der Waals surface area contributed by atoms with E-state index in [0.29, 0.717) is 5.56 Å². The minimum Gasteiger partial charge on any atom is -0.403 e. The Kier molecular flexibility index (Phi) is 8.26. The summed E-state index contributed by atoms with van der Waals surface area (Å²) in [5, 5.41) is 3.26. The Labute approximate surface area is 145 Å². The van der Waals surface area contributed by atoms with Gasteiger partial charge in [-0.3, -0.25) is 4.90 Å². The van der Waals surface area contributed by atoms with Crippen LogP contribution in [0.4, 0.5) is 17.6 Å². The van der Waals surface area contributed by atoms with E-state index in [-0.39, 0.29) is 18.4 Å². The first-order valence-corrected chi connectivity index (χ1v) is 7.90. The summed E-state index contributed by atoms with van der Waals surface area (Å²) in [4.78, 5) is 2.26. The van der Waals surface area contributed by atoms with E-state index < -0.39 is 17.9 Å². The van der Waals surface area contributed by atoms with Crippen molar-refractivity contribution in [2.24, 2.45) is 0 Å². The fourth-order valence-electron chi connectivity index (χ4n) is 2.88. The topological polar surface area (TPSA) is 24.5 Å². The molecule has 3 nitrogen and oxygen atoms in total. The third-order valence-corrected chi connectivity index (χ3v) is 3.99. The lowest BCUT2D eigenvalue weighted by molar-refractivity contribution is -0.275. The minimum absolute atomic E-state index is 0. The molecule has 0 saturated carbocycles. The van der Waals surface area contributed by atoms with Crippen LogP contribution in [0.5, 0.6) is 5.75 Å². The van der Waals surface area contributed by atoms with E-state index in [2.05, 4.69) is 21.9 Å². The van der Waals surface area contributed by atoms with E-state index in [9.17, 15) is 17.6 Å². The van der Waals surface area contributed by atoms with Gasteiger partial charge in [0.05, 0.1) is 0 Å². The Morgan fingerprint density at radius 2 is 1.92 bits per heavy atom. The summed E-state index contributed by atoms with van der Waals surface area (Å²) in [5.74, 6) is -1.76. The van der Waals surface area contributed by atoms with Crippen LogP contribution >= 0.6 is 12.4 Å². The third-order valence-electron chi connectivity index (χ3n) is 3.99. The highest BCUT2D eigenvalue weighted by Crippen LogP contribution is 2.32. The molecule has 1 atom stereocenters. The van der Waals surface area contributed by atoms with E-state index in [1.54, 1.807) is 0 Å². The number of rotatable bonds is 6. The van der Waals surface area contributed by atoms with Gasteiger partial charge in [0.15, 0.2) is 11.6 Å². The van der Waals surface area contributed by atoms with Crippen molar-refractivity contribution in [3.8, 4) is 5.75 Å². The zero-order valence-corrected chi connectivity index (χ0v) is 14.4. The lowest BCUT2D eigenvalue weighted by Gasteiger charge is -2.35. The number of hydrogen-bond donors (Lipinski definition) is 1. The van der Waals surface area contributed by atoms with Gasteiger partial charge >= 0.3 is 6.36 Å². The molecule has 1 aromatic carbocycles. The van der Waals surface area contributed by atoms with E-state index in [0.717, 1.165) is 51.5 Å². The Morgan fingerprint density at radius 3 is 2.46 bits per heavy atom. The van der Waals surface area contributed by atoms with Gasteiger partial charge in [0.1, 0.15) is 0 Å². The summed E-state index contributed by atoms with van der Waals surface area (Å²) < 4.78 is 54.4. The molecule has 0 bridgehead atoms. The zero-order chi connectivity index (χ0) is 16.9. The van der Waals surface area contributed by atoms with Crippen LogP contribution in [0.3, 0.4) is 0 Å². The second-order valence-electron chi connectivity index (χ2n) is 5.68. The van der Waals surface area contributed by atoms with Gasteiger partial charge in [-0.25, -0.2) is 4.39 Å². The van der Waals surface area contributed by atoms with Gasteiger partial charge < -0.3 is 10.1 Å². The van der Waals surface area contributed by atoms with Gasteiger partial charge in [-0.15, -0.1) is 25.6 Å². The molecule has 0 amide bonds. The Balaban J connectivity index is 0.00000288. The third kappa shape index (κ3) is 6.11. The van der Waals surface area contributed by atoms with E-state index in [1.165, 1.54) is 12.1 Å². The number of unbranched alkanes of at least 4 members (excludes halogenated alkanes) is 1. The van der Waals surface area contributed by atoms with Crippen molar-refractivity contribution in [2.45, 2.75) is 38.6 Å².